The monoisotopic (exact) mass is 993 g/mol. The molecule has 0 fully saturated rings. The highest BCUT2D eigenvalue weighted by Crippen LogP contribution is 2.17. The second-order valence-electron chi connectivity index (χ2n) is 20.6. The highest BCUT2D eigenvalue weighted by molar-refractivity contribution is 5.71. The molecule has 0 aromatic carbocycles. The molecule has 0 spiro atoms. The van der Waals surface area contributed by atoms with E-state index in [1.54, 1.807) is 0 Å². The van der Waals surface area contributed by atoms with Crippen molar-refractivity contribution in [3.05, 3.63) is 60.8 Å². The van der Waals surface area contributed by atoms with Crippen LogP contribution in [-0.4, -0.2) is 37.2 Å². The average Bonchev–Trinajstić information content (AvgIpc) is 3.37. The van der Waals surface area contributed by atoms with Gasteiger partial charge in [-0.2, -0.15) is 0 Å². The Morgan fingerprint density at radius 1 is 0.296 bits per heavy atom. The molecule has 0 rings (SSSR count). The number of unbranched alkanes of at least 4 members (excludes halogenated alkanes) is 35. The van der Waals surface area contributed by atoms with E-state index in [9.17, 15) is 14.4 Å². The molecule has 412 valence electrons. The Morgan fingerprint density at radius 2 is 0.577 bits per heavy atom. The van der Waals surface area contributed by atoms with Gasteiger partial charge in [0, 0.05) is 19.3 Å². The van der Waals surface area contributed by atoms with Crippen molar-refractivity contribution < 1.29 is 28.6 Å². The summed E-state index contributed by atoms with van der Waals surface area (Å²) in [5.41, 5.74) is 0. The van der Waals surface area contributed by atoms with Gasteiger partial charge in [0.2, 0.25) is 0 Å². The quantitative estimate of drug-likeness (QED) is 0.0261. The zero-order valence-corrected chi connectivity index (χ0v) is 47.2. The zero-order chi connectivity index (χ0) is 51.4. The number of carbonyl (C=O) groups excluding carboxylic acids is 3. The Kier molecular flexibility index (Phi) is 57.2. The van der Waals surface area contributed by atoms with Crippen LogP contribution in [0.1, 0.15) is 316 Å². The van der Waals surface area contributed by atoms with Crippen LogP contribution in [0.25, 0.3) is 0 Å². The third-order valence-electron chi connectivity index (χ3n) is 13.5. The third kappa shape index (κ3) is 57.9. The number of esters is 3. The molecular weight excluding hydrogens is 877 g/mol. The van der Waals surface area contributed by atoms with Gasteiger partial charge in [0.1, 0.15) is 13.2 Å². The van der Waals surface area contributed by atoms with Gasteiger partial charge in [-0.25, -0.2) is 0 Å². The summed E-state index contributed by atoms with van der Waals surface area (Å²) in [5.74, 6) is -0.970. The molecule has 0 N–H and O–H groups in total. The van der Waals surface area contributed by atoms with Crippen molar-refractivity contribution in [2.24, 2.45) is 0 Å². The Balaban J connectivity index is 4.15. The van der Waals surface area contributed by atoms with Gasteiger partial charge in [-0.15, -0.1) is 0 Å². The summed E-state index contributed by atoms with van der Waals surface area (Å²) in [4.78, 5) is 38.0. The fraction of sp³-hybridized carbons (Fsp3) is 0.800. The van der Waals surface area contributed by atoms with Gasteiger partial charge in [0.05, 0.1) is 0 Å². The highest BCUT2D eigenvalue weighted by atomic mass is 16.6. The summed E-state index contributed by atoms with van der Waals surface area (Å²) in [5, 5.41) is 0. The number of rotatable bonds is 56. The lowest BCUT2D eigenvalue weighted by atomic mass is 10.0. The van der Waals surface area contributed by atoms with Crippen LogP contribution in [0.15, 0.2) is 60.8 Å². The Morgan fingerprint density at radius 3 is 0.915 bits per heavy atom. The molecule has 6 heteroatoms. The maximum atomic E-state index is 12.8. The first kappa shape index (κ1) is 68.1. The molecule has 0 aromatic heterocycles. The van der Waals surface area contributed by atoms with Crippen molar-refractivity contribution in [3.8, 4) is 0 Å². The average molecular weight is 994 g/mol. The number of allylic oxidation sites excluding steroid dienone is 10. The van der Waals surface area contributed by atoms with E-state index >= 15 is 0 Å². The predicted octanol–water partition coefficient (Wildman–Crippen LogP) is 20.8. The molecule has 0 amide bonds. The lowest BCUT2D eigenvalue weighted by Gasteiger charge is -2.18. The van der Waals surface area contributed by atoms with E-state index in [0.29, 0.717) is 19.3 Å². The van der Waals surface area contributed by atoms with Crippen molar-refractivity contribution in [3.63, 3.8) is 0 Å². The van der Waals surface area contributed by atoms with Gasteiger partial charge < -0.3 is 14.2 Å². The summed E-state index contributed by atoms with van der Waals surface area (Å²) < 4.78 is 16.8. The molecule has 6 nitrogen and oxygen atoms in total. The number of hydrogen-bond donors (Lipinski definition) is 0. The van der Waals surface area contributed by atoms with E-state index in [1.807, 2.05) is 6.08 Å². The van der Waals surface area contributed by atoms with Crippen LogP contribution in [0.3, 0.4) is 0 Å². The first-order valence-electron chi connectivity index (χ1n) is 30.8. The molecule has 1 unspecified atom stereocenters. The second-order valence-corrected chi connectivity index (χ2v) is 20.6. The standard InChI is InChI=1S/C65H116O6/c1-4-7-10-13-16-19-22-24-25-26-27-28-29-30-31-32-33-34-35-36-37-38-39-41-43-46-49-52-55-58-64(67)70-61-62(60-69-63(66)57-54-51-48-45-42-21-18-15-12-9-6-3)71-65(68)59-56-53-50-47-44-40-23-20-17-14-11-8-5-2/h8,11,17,20,26-27,40,44,50,53,62H,4-7,9-10,12-16,18-19,21-25,28-39,41-43,45-49,51-52,54-61H2,1-3H3/b11-8-,20-17-,27-26-,44-40-,53-50-. The molecule has 71 heavy (non-hydrogen) atoms. The minimum absolute atomic E-state index is 0.0992. The molecule has 0 aliphatic heterocycles. The van der Waals surface area contributed by atoms with Crippen LogP contribution < -0.4 is 0 Å². The van der Waals surface area contributed by atoms with E-state index in [4.69, 9.17) is 14.2 Å². The minimum Gasteiger partial charge on any atom is -0.462 e. The summed E-state index contributed by atoms with van der Waals surface area (Å²) in [6, 6.07) is 0. The normalized spacial score (nSPS) is 12.4. The van der Waals surface area contributed by atoms with E-state index < -0.39 is 6.10 Å². The van der Waals surface area contributed by atoms with Crippen LogP contribution in [-0.2, 0) is 28.6 Å². The van der Waals surface area contributed by atoms with Gasteiger partial charge in [-0.1, -0.05) is 287 Å². The summed E-state index contributed by atoms with van der Waals surface area (Å²) in [6.45, 7) is 6.48. The number of hydrogen-bond acceptors (Lipinski definition) is 6. The van der Waals surface area contributed by atoms with Crippen LogP contribution in [0, 0.1) is 0 Å². The SMILES string of the molecule is CC/C=C\C/C=C\C/C=C\C/C=C\CCC(=O)OC(COC(=O)CCCCCCCCCCCCC)COC(=O)CCCCCCCCCCCCCCCCCCC/C=C\CCCCCCCCCC. The van der Waals surface area contributed by atoms with Crippen molar-refractivity contribution in [2.75, 3.05) is 13.2 Å². The van der Waals surface area contributed by atoms with Gasteiger partial charge >= 0.3 is 17.9 Å². The molecule has 0 bridgehead atoms. The van der Waals surface area contributed by atoms with Crippen molar-refractivity contribution >= 4 is 17.9 Å². The van der Waals surface area contributed by atoms with E-state index in [1.165, 1.54) is 205 Å². The first-order valence-corrected chi connectivity index (χ1v) is 30.8. The lowest BCUT2D eigenvalue weighted by Crippen LogP contribution is -2.30. The summed E-state index contributed by atoms with van der Waals surface area (Å²) >= 11 is 0. The Labute approximate surface area is 440 Å². The van der Waals surface area contributed by atoms with Crippen LogP contribution >= 0.6 is 0 Å². The smallest absolute Gasteiger partial charge is 0.306 e. The van der Waals surface area contributed by atoms with Gasteiger partial charge in [-0.3, -0.25) is 14.4 Å². The van der Waals surface area contributed by atoms with Crippen LogP contribution in [0.5, 0.6) is 0 Å². The zero-order valence-electron chi connectivity index (χ0n) is 47.2. The maximum absolute atomic E-state index is 12.8. The molecule has 0 aliphatic carbocycles. The molecule has 0 saturated heterocycles. The topological polar surface area (TPSA) is 78.9 Å². The third-order valence-corrected chi connectivity index (χ3v) is 13.5. The molecule has 1 atom stereocenters. The van der Waals surface area contributed by atoms with E-state index in [-0.39, 0.29) is 37.5 Å². The molecule has 0 saturated carbocycles. The van der Waals surface area contributed by atoms with Crippen LogP contribution in [0.4, 0.5) is 0 Å². The summed E-state index contributed by atoms with van der Waals surface area (Å²) in [6.07, 6.45) is 75.5. The molecule has 0 radical (unpaired) electrons. The van der Waals surface area contributed by atoms with Crippen molar-refractivity contribution in [1.29, 1.82) is 0 Å². The van der Waals surface area contributed by atoms with Gasteiger partial charge in [0.25, 0.3) is 0 Å². The van der Waals surface area contributed by atoms with E-state index in [2.05, 4.69) is 75.5 Å². The Hall–Kier alpha value is -2.89. The number of carbonyl (C=O) groups is 3. The lowest BCUT2D eigenvalue weighted by molar-refractivity contribution is -0.166. The maximum Gasteiger partial charge on any atom is 0.306 e. The molecule has 0 aliphatic rings. The number of ether oxygens (including phenoxy) is 3. The molecule has 0 aromatic rings. The Bertz CT molecular complexity index is 1280. The van der Waals surface area contributed by atoms with Gasteiger partial charge in [-0.05, 0) is 70.6 Å². The van der Waals surface area contributed by atoms with Crippen molar-refractivity contribution in [1.82, 2.24) is 0 Å². The van der Waals surface area contributed by atoms with Gasteiger partial charge in [0.15, 0.2) is 6.10 Å². The highest BCUT2D eigenvalue weighted by Gasteiger charge is 2.19. The predicted molar refractivity (Wildman–Crippen MR) is 307 cm³/mol. The fourth-order valence-electron chi connectivity index (χ4n) is 8.92. The molecule has 0 heterocycles. The molecular formula is C65H116O6. The fourth-order valence-corrected chi connectivity index (χ4v) is 8.92. The van der Waals surface area contributed by atoms with Crippen LogP contribution in [0.2, 0.25) is 0 Å². The second kappa shape index (κ2) is 59.7. The minimum atomic E-state index is -0.808. The summed E-state index contributed by atoms with van der Waals surface area (Å²) in [7, 11) is 0. The first-order chi connectivity index (χ1) is 35.0. The van der Waals surface area contributed by atoms with E-state index in [0.717, 1.165) is 64.2 Å². The largest absolute Gasteiger partial charge is 0.462 e. The van der Waals surface area contributed by atoms with Crippen molar-refractivity contribution in [2.45, 2.75) is 322 Å².